The van der Waals surface area contributed by atoms with Crippen LogP contribution in [0.4, 0.5) is 0 Å². The molecule has 0 radical (unpaired) electrons. The van der Waals surface area contributed by atoms with Crippen LogP contribution in [0.25, 0.3) is 0 Å². The fourth-order valence-electron chi connectivity index (χ4n) is 2.14. The van der Waals surface area contributed by atoms with E-state index in [9.17, 15) is 33.6 Å². The van der Waals surface area contributed by atoms with E-state index in [0.717, 1.165) is 13.1 Å². The number of ether oxygens (including phenoxy) is 5. The molecule has 0 unspecified atom stereocenters. The predicted octanol–water partition coefficient (Wildman–Crippen LogP) is 6.88. The number of ketones is 2. The molecule has 0 saturated carbocycles. The number of methoxy groups -OCH3 is 5. The van der Waals surface area contributed by atoms with Gasteiger partial charge in [0.05, 0.1) is 67.7 Å². The summed E-state index contributed by atoms with van der Waals surface area (Å²) in [4.78, 5) is 71.7. The first-order chi connectivity index (χ1) is 29.1. The predicted molar refractivity (Wildman–Crippen MR) is 292 cm³/mol. The van der Waals surface area contributed by atoms with E-state index in [1.807, 2.05) is 69.5 Å². The molecule has 0 fully saturated rings. The Labute approximate surface area is 526 Å². The summed E-state index contributed by atoms with van der Waals surface area (Å²) in [5.74, 6) is -0.427. The van der Waals surface area contributed by atoms with E-state index in [1.54, 1.807) is 42.0 Å². The minimum absolute atomic E-state index is 0. The summed E-state index contributed by atoms with van der Waals surface area (Å²) in [6.07, 6.45) is 3.42. The molecule has 0 rings (SSSR count). The van der Waals surface area contributed by atoms with Crippen molar-refractivity contribution in [3.8, 4) is 0 Å². The third kappa shape index (κ3) is 223. The Balaban J connectivity index is -0.0000000221. The molecular weight excluding hydrogens is 986 g/mol. The molecule has 19 nitrogen and oxygen atoms in total. The molecule has 0 aromatic rings. The molecule has 0 aliphatic rings. The first-order valence-electron chi connectivity index (χ1n) is 21.0. The number of nitrogens with two attached hydrogens (primary N) is 1. The van der Waals surface area contributed by atoms with Gasteiger partial charge >= 0.3 is 29.8 Å². The first kappa shape index (κ1) is 133. The van der Waals surface area contributed by atoms with Crippen LogP contribution in [-0.4, -0.2) is 165 Å². The van der Waals surface area contributed by atoms with Gasteiger partial charge in [-0.1, -0.05) is 99.9 Å². The van der Waals surface area contributed by atoms with Crippen LogP contribution in [-0.2, 0) is 57.2 Å². The Bertz CT molecular complexity index is 780. The largest absolute Gasteiger partial charge is 0.469 e. The Morgan fingerprint density at radius 1 is 0.314 bits per heavy atom. The molecule has 446 valence electrons. The van der Waals surface area contributed by atoms with E-state index in [0.29, 0.717) is 77.7 Å². The van der Waals surface area contributed by atoms with Gasteiger partial charge in [0, 0.05) is 172 Å². The molecule has 0 aromatic carbocycles. The van der Waals surface area contributed by atoms with E-state index in [4.69, 9.17) is 5.73 Å². The van der Waals surface area contributed by atoms with Gasteiger partial charge in [-0.25, -0.2) is 0 Å². The number of esters is 5. The average Bonchev–Trinajstić information content (AvgIpc) is 3.30. The molecular formula is C48H123Ar3N7O12. The van der Waals surface area contributed by atoms with Crippen LogP contribution in [0.5, 0.6) is 0 Å². The average molecular weight is 1110 g/mol. The second-order valence-electron chi connectivity index (χ2n) is 9.94. The van der Waals surface area contributed by atoms with Crippen molar-refractivity contribution in [2.75, 3.05) is 124 Å². The van der Waals surface area contributed by atoms with Crippen molar-refractivity contribution in [2.45, 2.75) is 159 Å². The van der Waals surface area contributed by atoms with E-state index in [1.165, 1.54) is 35.5 Å². The minimum Gasteiger partial charge on any atom is -0.469 e. The molecule has 0 amide bonds. The number of carbonyl (C=O) groups is 7. The Kier molecular flexibility index (Phi) is 287. The molecule has 0 saturated heterocycles. The van der Waals surface area contributed by atoms with Crippen LogP contribution in [0.15, 0.2) is 0 Å². The monoisotopic (exact) mass is 1110 g/mol. The number of carbonyl (C=O) groups excluding carboxylic acids is 7. The third-order valence-electron chi connectivity index (χ3n) is 5.26. The maximum Gasteiger partial charge on any atom is 0.306 e. The standard InChI is InChI=1S/4C5H11NO2.2C5H11NO.C4H9NO2.4C2H6.6CH4.3Ar/c4*1-6-4-3-5(7)8-2;2*1-5(7)3-4-6-2;1-7-4(6)2-3-5;4*1-2;;;;;;;;;/h4*6H,3-4H2,1-2H3;2*6H,3-4H2,1-2H3;2-3,5H2,1H3;4*1-2H3;6*1H4;;;. The van der Waals surface area contributed by atoms with Crippen molar-refractivity contribution in [3.63, 3.8) is 0 Å². The molecule has 0 aliphatic heterocycles. The Hall–Kier alpha value is 0.189. The van der Waals surface area contributed by atoms with Crippen molar-refractivity contribution in [1.29, 1.82) is 0 Å². The summed E-state index contributed by atoms with van der Waals surface area (Å²) < 4.78 is 21.8. The summed E-state index contributed by atoms with van der Waals surface area (Å²) >= 11 is 0. The third-order valence-corrected chi connectivity index (χ3v) is 5.26. The normalized spacial score (nSPS) is 6.94. The van der Waals surface area contributed by atoms with Gasteiger partial charge in [0.2, 0.25) is 0 Å². The summed E-state index contributed by atoms with van der Waals surface area (Å²) in [7, 11) is 17.7. The van der Waals surface area contributed by atoms with Crippen LogP contribution >= 0.6 is 0 Å². The van der Waals surface area contributed by atoms with Crippen molar-refractivity contribution < 1.29 is 170 Å². The van der Waals surface area contributed by atoms with Crippen LogP contribution in [0, 0.1) is 113 Å². The number of rotatable bonds is 20. The van der Waals surface area contributed by atoms with E-state index < -0.39 is 0 Å². The number of hydrogen-bond acceptors (Lipinski definition) is 19. The first-order valence-corrected chi connectivity index (χ1v) is 21.0. The number of Topliss-reactive ketones (excluding diaryl/α,β-unsaturated/α-hetero) is 2. The van der Waals surface area contributed by atoms with Gasteiger partial charge in [0.15, 0.2) is 0 Å². The molecule has 0 spiro atoms. The van der Waals surface area contributed by atoms with Gasteiger partial charge in [0.25, 0.3) is 0 Å². The fourth-order valence-corrected chi connectivity index (χ4v) is 2.14. The van der Waals surface area contributed by atoms with Gasteiger partial charge < -0.3 is 61.3 Å². The molecule has 0 atom stereocenters. The number of hydrogen-bond donors (Lipinski definition) is 7. The molecule has 0 aromatic heterocycles. The molecule has 22 heteroatoms. The summed E-state index contributed by atoms with van der Waals surface area (Å²) in [6, 6.07) is 0. The van der Waals surface area contributed by atoms with E-state index in [2.05, 4.69) is 55.6 Å². The van der Waals surface area contributed by atoms with Crippen molar-refractivity contribution in [2.24, 2.45) is 5.73 Å². The maximum atomic E-state index is 10.3. The zero-order valence-electron chi connectivity index (χ0n) is 43.9. The van der Waals surface area contributed by atoms with Gasteiger partial charge in [-0.2, -0.15) is 0 Å². The van der Waals surface area contributed by atoms with E-state index in [-0.39, 0.29) is 199 Å². The minimum atomic E-state index is -0.248. The van der Waals surface area contributed by atoms with Crippen molar-refractivity contribution in [1.82, 2.24) is 31.9 Å². The Morgan fingerprint density at radius 3 is 0.514 bits per heavy atom. The topological polar surface area (TPSA) is 264 Å². The fraction of sp³-hybridized carbons (Fsp3) is 0.854. The molecule has 0 heterocycles. The van der Waals surface area contributed by atoms with Crippen LogP contribution < -0.4 is 37.6 Å². The zero-order chi connectivity index (χ0) is 50.7. The van der Waals surface area contributed by atoms with Gasteiger partial charge in [0.1, 0.15) is 11.6 Å². The van der Waals surface area contributed by atoms with Crippen LogP contribution in [0.3, 0.4) is 0 Å². The molecule has 70 heavy (non-hydrogen) atoms. The number of nitrogens with one attached hydrogen (secondary N) is 6. The molecule has 0 bridgehead atoms. The molecule has 8 N–H and O–H groups in total. The zero-order valence-corrected chi connectivity index (χ0v) is 46.1. The van der Waals surface area contributed by atoms with Gasteiger partial charge in [-0.05, 0) is 56.1 Å². The Morgan fingerprint density at radius 2 is 0.443 bits per heavy atom. The van der Waals surface area contributed by atoms with Crippen molar-refractivity contribution in [3.05, 3.63) is 0 Å². The summed E-state index contributed by atoms with van der Waals surface area (Å²) in [6.45, 7) is 23.9. The van der Waals surface area contributed by atoms with E-state index >= 15 is 0 Å². The SMILES string of the molecule is C.C.C.C.C.C.CC.CC.CC.CC.CNCCC(=O)OC.CNCCC(=O)OC.CNCCC(=O)OC.CNCCC(=O)OC.CNCCC(C)=O.CNCCC(C)=O.COC(=O)CCN.[Ar].[Ar].[Ar]. The van der Waals surface area contributed by atoms with Crippen LogP contribution in [0.2, 0.25) is 0 Å². The summed E-state index contributed by atoms with van der Waals surface area (Å²) in [5, 5.41) is 17.1. The maximum absolute atomic E-state index is 10.3. The summed E-state index contributed by atoms with van der Waals surface area (Å²) in [5.41, 5.74) is 5.00. The second kappa shape index (κ2) is 151. The van der Waals surface area contributed by atoms with Crippen LogP contribution in [0.1, 0.15) is 159 Å². The molecule has 0 aliphatic carbocycles. The van der Waals surface area contributed by atoms with Gasteiger partial charge in [-0.15, -0.1) is 0 Å². The van der Waals surface area contributed by atoms with Crippen molar-refractivity contribution >= 4 is 41.4 Å². The van der Waals surface area contributed by atoms with Gasteiger partial charge in [-0.3, -0.25) is 33.6 Å². The second-order valence-corrected chi connectivity index (χ2v) is 9.94. The quantitative estimate of drug-likeness (QED) is 0.0484. The smallest absolute Gasteiger partial charge is 0.306 e.